The van der Waals surface area contributed by atoms with Gasteiger partial charge in [0.1, 0.15) is 0 Å². The van der Waals surface area contributed by atoms with E-state index in [1.54, 1.807) is 18.2 Å². The Balaban J connectivity index is 2.14. The maximum Gasteiger partial charge on any atom is 0.223 e. The van der Waals surface area contributed by atoms with E-state index in [-0.39, 0.29) is 24.7 Å². The van der Waals surface area contributed by atoms with Crippen LogP contribution < -0.4 is 15.4 Å². The lowest BCUT2D eigenvalue weighted by molar-refractivity contribution is -0.121. The van der Waals surface area contributed by atoms with E-state index < -0.39 is 5.82 Å². The van der Waals surface area contributed by atoms with Gasteiger partial charge in [-0.05, 0) is 18.7 Å². The van der Waals surface area contributed by atoms with E-state index in [4.69, 9.17) is 4.74 Å². The molecule has 0 saturated carbocycles. The van der Waals surface area contributed by atoms with Gasteiger partial charge in [-0.25, -0.2) is 4.39 Å². The molecular weight excluding hydrogens is 235 g/mol. The van der Waals surface area contributed by atoms with Crippen LogP contribution in [0.4, 0.5) is 4.39 Å². The molecule has 0 aliphatic rings. The highest BCUT2D eigenvalue weighted by Crippen LogP contribution is 2.15. The maximum atomic E-state index is 13.2. The topological polar surface area (TPSA) is 50.4 Å². The smallest absolute Gasteiger partial charge is 0.223 e. The lowest BCUT2D eigenvalue weighted by Gasteiger charge is -2.08. The Morgan fingerprint density at radius 3 is 2.83 bits per heavy atom. The van der Waals surface area contributed by atoms with Crippen molar-refractivity contribution in [2.45, 2.75) is 13.3 Å². The molecule has 0 aliphatic heterocycles. The number of carbonyl (C=O) groups excluding carboxylic acids is 1. The summed E-state index contributed by atoms with van der Waals surface area (Å²) in [6, 6.07) is 6.15. The first kappa shape index (κ1) is 14.4. The normalized spacial score (nSPS) is 10.1. The van der Waals surface area contributed by atoms with Crippen LogP contribution >= 0.6 is 0 Å². The van der Waals surface area contributed by atoms with Crippen LogP contribution in [0.3, 0.4) is 0 Å². The predicted octanol–water partition coefficient (Wildman–Crippen LogP) is 1.32. The summed E-state index contributed by atoms with van der Waals surface area (Å²) in [6.07, 6.45) is 0.223. The summed E-state index contributed by atoms with van der Waals surface area (Å²) in [7, 11) is 0. The average Bonchev–Trinajstić information content (AvgIpc) is 2.37. The lowest BCUT2D eigenvalue weighted by atomic mass is 10.3. The molecule has 0 bridgehead atoms. The Morgan fingerprint density at radius 1 is 1.33 bits per heavy atom. The highest BCUT2D eigenvalue weighted by atomic mass is 19.1. The molecule has 5 heteroatoms. The number of hydrogen-bond donors (Lipinski definition) is 2. The maximum absolute atomic E-state index is 13.2. The van der Waals surface area contributed by atoms with Gasteiger partial charge in [0, 0.05) is 13.1 Å². The molecule has 100 valence electrons. The number of benzene rings is 1. The van der Waals surface area contributed by atoms with Gasteiger partial charge in [-0.3, -0.25) is 4.79 Å². The molecule has 1 aromatic carbocycles. The molecule has 0 aromatic heterocycles. The largest absolute Gasteiger partial charge is 0.490 e. The Labute approximate surface area is 107 Å². The minimum atomic E-state index is -0.412. The van der Waals surface area contributed by atoms with Gasteiger partial charge in [0.15, 0.2) is 11.6 Å². The summed E-state index contributed by atoms with van der Waals surface area (Å²) in [5.41, 5.74) is 0. The molecule has 1 amide bonds. The van der Waals surface area contributed by atoms with E-state index >= 15 is 0 Å². The first-order valence-corrected chi connectivity index (χ1v) is 6.08. The van der Waals surface area contributed by atoms with Crippen molar-refractivity contribution in [2.24, 2.45) is 0 Å². The molecular formula is C13H19FN2O2. The molecule has 0 saturated heterocycles. The van der Waals surface area contributed by atoms with Crippen molar-refractivity contribution in [3.05, 3.63) is 30.1 Å². The summed E-state index contributed by atoms with van der Waals surface area (Å²) in [6.45, 7) is 4.40. The van der Waals surface area contributed by atoms with Gasteiger partial charge in [0.2, 0.25) is 5.91 Å². The zero-order chi connectivity index (χ0) is 13.2. The third-order valence-electron chi connectivity index (χ3n) is 2.30. The van der Waals surface area contributed by atoms with Gasteiger partial charge in [-0.2, -0.15) is 0 Å². The summed E-state index contributed by atoms with van der Waals surface area (Å²) >= 11 is 0. The number of rotatable bonds is 8. The SMILES string of the molecule is CCNCCNC(=O)CCOc1ccccc1F. The van der Waals surface area contributed by atoms with Crippen molar-refractivity contribution in [3.63, 3.8) is 0 Å². The first-order chi connectivity index (χ1) is 8.74. The Kier molecular flexibility index (Phi) is 6.79. The van der Waals surface area contributed by atoms with E-state index in [0.717, 1.165) is 13.1 Å². The van der Waals surface area contributed by atoms with Crippen molar-refractivity contribution in [3.8, 4) is 5.75 Å². The van der Waals surface area contributed by atoms with Crippen LogP contribution in [0, 0.1) is 5.82 Å². The van der Waals surface area contributed by atoms with Crippen molar-refractivity contribution in [1.29, 1.82) is 0 Å². The monoisotopic (exact) mass is 254 g/mol. The van der Waals surface area contributed by atoms with Crippen molar-refractivity contribution >= 4 is 5.91 Å². The van der Waals surface area contributed by atoms with Gasteiger partial charge in [-0.15, -0.1) is 0 Å². The summed E-state index contributed by atoms with van der Waals surface area (Å²) < 4.78 is 18.4. The number of halogens is 1. The van der Waals surface area contributed by atoms with E-state index in [1.807, 2.05) is 6.92 Å². The number of para-hydroxylation sites is 1. The highest BCUT2D eigenvalue weighted by molar-refractivity contribution is 5.75. The second-order valence-electron chi connectivity index (χ2n) is 3.73. The Bertz CT molecular complexity index is 372. The van der Waals surface area contributed by atoms with Crippen LogP contribution in [0.15, 0.2) is 24.3 Å². The van der Waals surface area contributed by atoms with Crippen LogP contribution in [-0.4, -0.2) is 32.1 Å². The quantitative estimate of drug-likeness (QED) is 0.688. The van der Waals surface area contributed by atoms with Gasteiger partial charge in [0.05, 0.1) is 13.0 Å². The van der Waals surface area contributed by atoms with Gasteiger partial charge < -0.3 is 15.4 Å². The predicted molar refractivity (Wildman–Crippen MR) is 68.1 cm³/mol. The number of ether oxygens (including phenoxy) is 1. The van der Waals surface area contributed by atoms with Gasteiger partial charge >= 0.3 is 0 Å². The van der Waals surface area contributed by atoms with Gasteiger partial charge in [-0.1, -0.05) is 19.1 Å². The molecule has 1 rings (SSSR count). The number of nitrogens with one attached hydrogen (secondary N) is 2. The van der Waals surface area contributed by atoms with Crippen molar-refractivity contribution in [2.75, 3.05) is 26.2 Å². The molecule has 4 nitrogen and oxygen atoms in total. The standard InChI is InChI=1S/C13H19FN2O2/c1-2-15-8-9-16-13(17)7-10-18-12-6-4-3-5-11(12)14/h3-6,15H,2,7-10H2,1H3,(H,16,17). The number of amides is 1. The molecule has 1 aromatic rings. The van der Waals surface area contributed by atoms with Crippen molar-refractivity contribution < 1.29 is 13.9 Å². The zero-order valence-corrected chi connectivity index (χ0v) is 10.5. The first-order valence-electron chi connectivity index (χ1n) is 6.08. The number of hydrogen-bond acceptors (Lipinski definition) is 3. The molecule has 2 N–H and O–H groups in total. The second kappa shape index (κ2) is 8.47. The molecule has 0 heterocycles. The van der Waals surface area contributed by atoms with E-state index in [2.05, 4.69) is 10.6 Å². The Morgan fingerprint density at radius 2 is 2.11 bits per heavy atom. The second-order valence-corrected chi connectivity index (χ2v) is 3.73. The molecule has 0 radical (unpaired) electrons. The van der Waals surface area contributed by atoms with Crippen LogP contribution in [0.25, 0.3) is 0 Å². The fraction of sp³-hybridized carbons (Fsp3) is 0.462. The number of carbonyl (C=O) groups is 1. The van der Waals surface area contributed by atoms with E-state index in [0.29, 0.717) is 6.54 Å². The van der Waals surface area contributed by atoms with Crippen LogP contribution in [0.1, 0.15) is 13.3 Å². The molecule has 0 unspecified atom stereocenters. The Hall–Kier alpha value is -1.62. The fourth-order valence-corrected chi connectivity index (χ4v) is 1.37. The van der Waals surface area contributed by atoms with Crippen LogP contribution in [0.5, 0.6) is 5.75 Å². The molecule has 0 fully saturated rings. The molecule has 18 heavy (non-hydrogen) atoms. The summed E-state index contributed by atoms with van der Waals surface area (Å²) in [4.78, 5) is 11.4. The minimum absolute atomic E-state index is 0.0933. The van der Waals surface area contributed by atoms with Gasteiger partial charge in [0.25, 0.3) is 0 Å². The lowest BCUT2D eigenvalue weighted by Crippen LogP contribution is -2.32. The number of likely N-dealkylation sites (N-methyl/N-ethyl adjacent to an activating group) is 1. The van der Waals surface area contributed by atoms with Crippen LogP contribution in [-0.2, 0) is 4.79 Å². The van der Waals surface area contributed by atoms with E-state index in [9.17, 15) is 9.18 Å². The molecule has 0 spiro atoms. The summed E-state index contributed by atoms with van der Waals surface area (Å²) in [5, 5.41) is 5.84. The van der Waals surface area contributed by atoms with E-state index in [1.165, 1.54) is 6.07 Å². The zero-order valence-electron chi connectivity index (χ0n) is 10.5. The fourth-order valence-electron chi connectivity index (χ4n) is 1.37. The molecule has 0 aliphatic carbocycles. The average molecular weight is 254 g/mol. The highest BCUT2D eigenvalue weighted by Gasteiger charge is 2.04. The summed E-state index contributed by atoms with van der Waals surface area (Å²) in [5.74, 6) is -0.327. The van der Waals surface area contributed by atoms with Crippen molar-refractivity contribution in [1.82, 2.24) is 10.6 Å². The third-order valence-corrected chi connectivity index (χ3v) is 2.30. The minimum Gasteiger partial charge on any atom is -0.490 e. The third kappa shape index (κ3) is 5.63. The molecule has 0 atom stereocenters. The van der Waals surface area contributed by atoms with Crippen LogP contribution in [0.2, 0.25) is 0 Å².